The molecule has 0 unspecified atom stereocenters. The molecule has 1 saturated heterocycles. The molecule has 2 aromatic carbocycles. The summed E-state index contributed by atoms with van der Waals surface area (Å²) in [6.07, 6.45) is 1.44. The Kier molecular flexibility index (Phi) is 6.14. The molecule has 0 aromatic heterocycles. The van der Waals surface area contributed by atoms with Crippen molar-refractivity contribution in [3.63, 3.8) is 0 Å². The maximum atomic E-state index is 14.1. The van der Waals surface area contributed by atoms with E-state index < -0.39 is 15.8 Å². The minimum Gasteiger partial charge on any atom is -0.491 e. The number of nitrogens with one attached hydrogen (secondary N) is 1. The van der Waals surface area contributed by atoms with Crippen molar-refractivity contribution in [1.82, 2.24) is 4.72 Å². The van der Waals surface area contributed by atoms with E-state index in [1.54, 1.807) is 6.92 Å². The van der Waals surface area contributed by atoms with Crippen LogP contribution >= 0.6 is 0 Å². The largest absolute Gasteiger partial charge is 0.491 e. The molecule has 0 bridgehead atoms. The quantitative estimate of drug-likeness (QED) is 0.784. The standard InChI is InChI=1S/C20H24FNO4S/c1-2-26-19-9-8-17(14-18(19)21)27(23,24)22-15-20(10-12-25-13-11-20)16-6-4-3-5-7-16/h3-9,14,22H,2,10-13,15H2,1H3. The minimum atomic E-state index is -3.85. The minimum absolute atomic E-state index is 0.0432. The predicted octanol–water partition coefficient (Wildman–Crippen LogP) is 3.25. The van der Waals surface area contributed by atoms with Gasteiger partial charge in [0.2, 0.25) is 10.0 Å². The summed E-state index contributed by atoms with van der Waals surface area (Å²) < 4.78 is 52.8. The van der Waals surface area contributed by atoms with Gasteiger partial charge >= 0.3 is 0 Å². The van der Waals surface area contributed by atoms with Gasteiger partial charge in [-0.1, -0.05) is 30.3 Å². The molecule has 7 heteroatoms. The first-order chi connectivity index (χ1) is 13.0. The van der Waals surface area contributed by atoms with Gasteiger partial charge in [0.1, 0.15) is 0 Å². The highest BCUT2D eigenvalue weighted by Crippen LogP contribution is 2.34. The Morgan fingerprint density at radius 1 is 1.15 bits per heavy atom. The van der Waals surface area contributed by atoms with Crippen LogP contribution in [0.1, 0.15) is 25.3 Å². The summed E-state index contributed by atoms with van der Waals surface area (Å²) in [5.74, 6) is -0.648. The van der Waals surface area contributed by atoms with Crippen molar-refractivity contribution >= 4 is 10.0 Å². The lowest BCUT2D eigenvalue weighted by Gasteiger charge is -2.37. The van der Waals surface area contributed by atoms with E-state index in [1.807, 2.05) is 30.3 Å². The SMILES string of the molecule is CCOc1ccc(S(=O)(=O)NCC2(c3ccccc3)CCOCC2)cc1F. The smallest absolute Gasteiger partial charge is 0.240 e. The second-order valence-electron chi connectivity index (χ2n) is 6.61. The molecule has 1 aliphatic heterocycles. The molecule has 0 aliphatic carbocycles. The molecule has 1 heterocycles. The van der Waals surface area contributed by atoms with Crippen molar-refractivity contribution in [2.45, 2.75) is 30.1 Å². The van der Waals surface area contributed by atoms with Crippen LogP contribution < -0.4 is 9.46 Å². The zero-order chi connectivity index (χ0) is 19.3. The normalized spacial score (nSPS) is 16.8. The van der Waals surface area contributed by atoms with E-state index in [1.165, 1.54) is 12.1 Å². The zero-order valence-corrected chi connectivity index (χ0v) is 16.1. The van der Waals surface area contributed by atoms with Gasteiger partial charge in [-0.25, -0.2) is 17.5 Å². The van der Waals surface area contributed by atoms with Gasteiger partial charge in [-0.2, -0.15) is 0 Å². The van der Waals surface area contributed by atoms with Gasteiger partial charge in [-0.3, -0.25) is 0 Å². The predicted molar refractivity (Wildman–Crippen MR) is 101 cm³/mol. The molecule has 27 heavy (non-hydrogen) atoms. The Labute approximate surface area is 159 Å². The van der Waals surface area contributed by atoms with Crippen LogP contribution in [0.25, 0.3) is 0 Å². The van der Waals surface area contributed by atoms with Gasteiger partial charge in [0, 0.05) is 25.2 Å². The Morgan fingerprint density at radius 2 is 1.85 bits per heavy atom. The fourth-order valence-corrected chi connectivity index (χ4v) is 4.50. The van der Waals surface area contributed by atoms with Crippen LogP contribution in [-0.2, 0) is 20.2 Å². The average molecular weight is 393 g/mol. The van der Waals surface area contributed by atoms with E-state index in [0.29, 0.717) is 19.8 Å². The number of ether oxygens (including phenoxy) is 2. The second-order valence-corrected chi connectivity index (χ2v) is 8.38. The van der Waals surface area contributed by atoms with Crippen LogP contribution in [0.4, 0.5) is 4.39 Å². The summed E-state index contributed by atoms with van der Waals surface area (Å²) >= 11 is 0. The highest BCUT2D eigenvalue weighted by Gasteiger charge is 2.35. The lowest BCUT2D eigenvalue weighted by atomic mass is 9.74. The van der Waals surface area contributed by atoms with Gasteiger partial charge in [-0.05, 0) is 43.5 Å². The molecular weight excluding hydrogens is 369 g/mol. The Balaban J connectivity index is 1.81. The Morgan fingerprint density at radius 3 is 2.48 bits per heavy atom. The van der Waals surface area contributed by atoms with Gasteiger partial charge in [-0.15, -0.1) is 0 Å². The Hall–Kier alpha value is -1.96. The number of rotatable bonds is 7. The highest BCUT2D eigenvalue weighted by molar-refractivity contribution is 7.89. The summed E-state index contributed by atoms with van der Waals surface area (Å²) in [4.78, 5) is -0.112. The lowest BCUT2D eigenvalue weighted by Crippen LogP contribution is -2.44. The van der Waals surface area contributed by atoms with Crippen molar-refractivity contribution in [2.75, 3.05) is 26.4 Å². The molecule has 1 N–H and O–H groups in total. The van der Waals surface area contributed by atoms with Gasteiger partial charge < -0.3 is 9.47 Å². The van der Waals surface area contributed by atoms with E-state index in [9.17, 15) is 12.8 Å². The molecule has 5 nitrogen and oxygen atoms in total. The van der Waals surface area contributed by atoms with Crippen molar-refractivity contribution < 1.29 is 22.3 Å². The van der Waals surface area contributed by atoms with Crippen LogP contribution in [0.5, 0.6) is 5.75 Å². The van der Waals surface area contributed by atoms with Crippen LogP contribution in [0.3, 0.4) is 0 Å². The summed E-state index contributed by atoms with van der Waals surface area (Å²) in [7, 11) is -3.85. The third-order valence-electron chi connectivity index (χ3n) is 4.95. The van der Waals surface area contributed by atoms with Crippen LogP contribution in [0, 0.1) is 5.82 Å². The molecule has 0 radical (unpaired) electrons. The number of sulfonamides is 1. The molecule has 0 spiro atoms. The molecule has 3 rings (SSSR count). The van der Waals surface area contributed by atoms with Crippen molar-refractivity contribution in [3.8, 4) is 5.75 Å². The Bertz CT molecular complexity index is 865. The van der Waals surface area contributed by atoms with E-state index in [-0.39, 0.29) is 22.6 Å². The first-order valence-electron chi connectivity index (χ1n) is 9.02. The summed E-state index contributed by atoms with van der Waals surface area (Å²) in [5, 5.41) is 0. The van der Waals surface area contributed by atoms with E-state index >= 15 is 0 Å². The van der Waals surface area contributed by atoms with Gasteiger partial charge in [0.25, 0.3) is 0 Å². The van der Waals surface area contributed by atoms with E-state index in [0.717, 1.165) is 24.5 Å². The van der Waals surface area contributed by atoms with Gasteiger partial charge in [0.15, 0.2) is 11.6 Å². The third kappa shape index (κ3) is 4.48. The summed E-state index contributed by atoms with van der Waals surface area (Å²) in [5.41, 5.74) is 0.741. The zero-order valence-electron chi connectivity index (χ0n) is 15.3. The van der Waals surface area contributed by atoms with Crippen LogP contribution in [0.2, 0.25) is 0 Å². The van der Waals surface area contributed by atoms with Crippen molar-refractivity contribution in [2.24, 2.45) is 0 Å². The second kappa shape index (κ2) is 8.37. The first-order valence-corrected chi connectivity index (χ1v) is 10.5. The van der Waals surface area contributed by atoms with Crippen LogP contribution in [0.15, 0.2) is 53.4 Å². The fraction of sp³-hybridized carbons (Fsp3) is 0.400. The molecular formula is C20H24FNO4S. The van der Waals surface area contributed by atoms with Gasteiger partial charge in [0.05, 0.1) is 11.5 Å². The molecule has 146 valence electrons. The first kappa shape index (κ1) is 19.8. The lowest BCUT2D eigenvalue weighted by molar-refractivity contribution is 0.0517. The molecule has 1 aliphatic rings. The molecule has 1 fully saturated rings. The molecule has 0 amide bonds. The van der Waals surface area contributed by atoms with E-state index in [2.05, 4.69) is 4.72 Å². The number of halogens is 1. The summed E-state index contributed by atoms with van der Waals surface area (Å²) in [6.45, 7) is 3.44. The topological polar surface area (TPSA) is 64.6 Å². The summed E-state index contributed by atoms with van der Waals surface area (Å²) in [6, 6.07) is 13.5. The maximum Gasteiger partial charge on any atom is 0.240 e. The monoisotopic (exact) mass is 393 g/mol. The maximum absolute atomic E-state index is 14.1. The number of hydrogen-bond donors (Lipinski definition) is 1. The highest BCUT2D eigenvalue weighted by atomic mass is 32.2. The average Bonchev–Trinajstić information content (AvgIpc) is 2.69. The number of hydrogen-bond acceptors (Lipinski definition) is 4. The third-order valence-corrected chi connectivity index (χ3v) is 6.35. The fourth-order valence-electron chi connectivity index (χ4n) is 3.36. The number of benzene rings is 2. The van der Waals surface area contributed by atoms with Crippen molar-refractivity contribution in [3.05, 3.63) is 59.9 Å². The molecule has 2 aromatic rings. The van der Waals surface area contributed by atoms with Crippen molar-refractivity contribution in [1.29, 1.82) is 0 Å². The van der Waals surface area contributed by atoms with E-state index in [4.69, 9.17) is 9.47 Å². The van der Waals surface area contributed by atoms with Crippen LogP contribution in [-0.4, -0.2) is 34.8 Å². The molecule has 0 saturated carbocycles. The molecule has 0 atom stereocenters.